The summed E-state index contributed by atoms with van der Waals surface area (Å²) < 4.78 is 5.59. The molecule has 0 aliphatic rings. The van der Waals surface area contributed by atoms with Crippen molar-refractivity contribution in [2.45, 2.75) is 32.6 Å². The second-order valence-electron chi connectivity index (χ2n) is 7.76. The van der Waals surface area contributed by atoms with E-state index in [-0.39, 0.29) is 36.2 Å². The maximum Gasteiger partial charge on any atom is 0.174 e. The van der Waals surface area contributed by atoms with Gasteiger partial charge < -0.3 is 14.9 Å². The van der Waals surface area contributed by atoms with Crippen molar-refractivity contribution in [1.29, 1.82) is 0 Å². The molecule has 0 bridgehead atoms. The molecule has 0 fully saturated rings. The Kier molecular flexibility index (Phi) is 7.47. The molecule has 2 N–H and O–H groups in total. The number of halogens is 2. The number of aromatic hydroxyl groups is 2. The highest BCUT2D eigenvalue weighted by Crippen LogP contribution is 2.34. The van der Waals surface area contributed by atoms with Crippen molar-refractivity contribution in [3.63, 3.8) is 0 Å². The maximum atomic E-state index is 12.2. The van der Waals surface area contributed by atoms with Crippen molar-refractivity contribution in [3.8, 4) is 17.2 Å². The predicted molar refractivity (Wildman–Crippen MR) is 124 cm³/mol. The summed E-state index contributed by atoms with van der Waals surface area (Å²) in [6.45, 7) is 3.91. The van der Waals surface area contributed by atoms with Crippen LogP contribution in [0.25, 0.3) is 0 Å². The molecule has 3 aromatic rings. The van der Waals surface area contributed by atoms with Crippen LogP contribution in [0.1, 0.15) is 42.0 Å². The van der Waals surface area contributed by atoms with Gasteiger partial charge in [0.05, 0.1) is 0 Å². The van der Waals surface area contributed by atoms with E-state index < -0.39 is 0 Å². The number of ketones is 1. The third kappa shape index (κ3) is 6.16. The third-order valence-corrected chi connectivity index (χ3v) is 5.60. The Hall–Kier alpha value is -2.69. The minimum absolute atomic E-state index is 0.120. The quantitative estimate of drug-likeness (QED) is 0.414. The number of carbonyl (C=O) groups is 1. The van der Waals surface area contributed by atoms with Gasteiger partial charge in [0.15, 0.2) is 5.78 Å². The highest BCUT2D eigenvalue weighted by atomic mass is 35.5. The Balaban J connectivity index is 1.67. The van der Waals surface area contributed by atoms with Gasteiger partial charge in [-0.05, 0) is 58.5 Å². The summed E-state index contributed by atoms with van der Waals surface area (Å²) >= 11 is 12.9. The van der Waals surface area contributed by atoms with Gasteiger partial charge in [0.2, 0.25) is 0 Å². The number of Topliss-reactive ketones (excluding diaryl/α,β-unsaturated/α-hetero) is 1. The molecule has 4 nitrogen and oxygen atoms in total. The Labute approximate surface area is 192 Å². The normalized spacial score (nSPS) is 11.0. The fraction of sp³-hybridized carbons (Fsp3) is 0.240. The van der Waals surface area contributed by atoms with Gasteiger partial charge in [-0.3, -0.25) is 4.79 Å². The molecule has 3 aromatic carbocycles. The average Bonchev–Trinajstić information content (AvgIpc) is 2.70. The van der Waals surface area contributed by atoms with E-state index in [2.05, 4.69) is 0 Å². The molecular formula is C25H24Cl2O4. The van der Waals surface area contributed by atoms with Crippen LogP contribution in [-0.2, 0) is 17.6 Å². The van der Waals surface area contributed by atoms with Gasteiger partial charge in [0.1, 0.15) is 23.9 Å². The van der Waals surface area contributed by atoms with Crippen molar-refractivity contribution in [3.05, 3.63) is 86.9 Å². The van der Waals surface area contributed by atoms with Gasteiger partial charge in [0, 0.05) is 22.9 Å². The van der Waals surface area contributed by atoms with Crippen LogP contribution in [0.4, 0.5) is 0 Å². The van der Waals surface area contributed by atoms with Gasteiger partial charge in [-0.25, -0.2) is 0 Å². The number of carbonyl (C=O) groups excluding carboxylic acids is 1. The lowest BCUT2D eigenvalue weighted by Gasteiger charge is -2.14. The van der Waals surface area contributed by atoms with Gasteiger partial charge in [-0.2, -0.15) is 0 Å². The molecule has 0 aromatic heterocycles. The fourth-order valence-corrected chi connectivity index (χ4v) is 3.92. The summed E-state index contributed by atoms with van der Waals surface area (Å²) in [5.41, 5.74) is 3.33. The zero-order valence-electron chi connectivity index (χ0n) is 17.4. The molecule has 0 amide bonds. The van der Waals surface area contributed by atoms with E-state index in [1.807, 2.05) is 26.0 Å². The van der Waals surface area contributed by atoms with Crippen LogP contribution in [0.5, 0.6) is 17.2 Å². The first-order valence-electron chi connectivity index (χ1n) is 9.95. The molecule has 0 aliphatic carbocycles. The van der Waals surface area contributed by atoms with Gasteiger partial charge >= 0.3 is 0 Å². The number of hydrogen-bond acceptors (Lipinski definition) is 4. The lowest BCUT2D eigenvalue weighted by Crippen LogP contribution is -2.14. The lowest BCUT2D eigenvalue weighted by molar-refractivity contribution is -0.120. The first-order valence-corrected chi connectivity index (χ1v) is 10.7. The standard InChI is InChI=1S/C25H24Cl2O4/c1-15(2)21-10-17(6-7-25(21)30)11-22-23(26)12-20(13-24(22)27)31-14-19(29)9-16-4-3-5-18(28)8-16/h3-8,10,12-13,15,28,30H,9,11,14H2,1-2H3. The molecular weight excluding hydrogens is 435 g/mol. The highest BCUT2D eigenvalue weighted by Gasteiger charge is 2.14. The van der Waals surface area contributed by atoms with E-state index in [9.17, 15) is 15.0 Å². The Morgan fingerprint density at radius 2 is 1.68 bits per heavy atom. The Morgan fingerprint density at radius 1 is 0.968 bits per heavy atom. The summed E-state index contributed by atoms with van der Waals surface area (Å²) in [4.78, 5) is 12.2. The van der Waals surface area contributed by atoms with E-state index in [4.69, 9.17) is 27.9 Å². The highest BCUT2D eigenvalue weighted by molar-refractivity contribution is 6.36. The predicted octanol–water partition coefficient (Wildman–Crippen LogP) is 6.31. The molecule has 31 heavy (non-hydrogen) atoms. The smallest absolute Gasteiger partial charge is 0.174 e. The molecule has 0 spiro atoms. The van der Waals surface area contributed by atoms with Crippen LogP contribution < -0.4 is 4.74 Å². The second kappa shape index (κ2) is 10.1. The van der Waals surface area contributed by atoms with Gasteiger partial charge in [-0.15, -0.1) is 0 Å². The molecule has 0 heterocycles. The maximum absolute atomic E-state index is 12.2. The zero-order valence-corrected chi connectivity index (χ0v) is 18.9. The third-order valence-electron chi connectivity index (χ3n) is 4.92. The van der Waals surface area contributed by atoms with Crippen molar-refractivity contribution < 1.29 is 19.7 Å². The Bertz CT molecular complexity index is 1070. The van der Waals surface area contributed by atoms with Gasteiger partial charge in [0.25, 0.3) is 0 Å². The van der Waals surface area contributed by atoms with Crippen LogP contribution in [0.2, 0.25) is 10.0 Å². The van der Waals surface area contributed by atoms with E-state index >= 15 is 0 Å². The molecule has 0 aliphatic heterocycles. The van der Waals surface area contributed by atoms with Crippen LogP contribution in [0.3, 0.4) is 0 Å². The molecule has 0 saturated heterocycles. The number of phenolic OH excluding ortho intramolecular Hbond substituents is 2. The zero-order chi connectivity index (χ0) is 22.5. The van der Waals surface area contributed by atoms with E-state index in [1.54, 1.807) is 42.5 Å². The average molecular weight is 459 g/mol. The summed E-state index contributed by atoms with van der Waals surface area (Å²) in [6, 6.07) is 15.3. The molecule has 6 heteroatoms. The molecule has 0 radical (unpaired) electrons. The largest absolute Gasteiger partial charge is 0.508 e. The van der Waals surface area contributed by atoms with Crippen LogP contribution in [0.15, 0.2) is 54.6 Å². The molecule has 162 valence electrons. The molecule has 0 saturated carbocycles. The van der Waals surface area contributed by atoms with Crippen molar-refractivity contribution in [2.24, 2.45) is 0 Å². The molecule has 0 unspecified atom stereocenters. The topological polar surface area (TPSA) is 66.8 Å². The van der Waals surface area contributed by atoms with E-state index in [1.165, 1.54) is 0 Å². The number of rotatable bonds is 8. The first-order chi connectivity index (χ1) is 14.7. The fourth-order valence-electron chi connectivity index (χ4n) is 3.32. The van der Waals surface area contributed by atoms with Crippen molar-refractivity contribution >= 4 is 29.0 Å². The molecule has 3 rings (SSSR count). The Morgan fingerprint density at radius 3 is 2.32 bits per heavy atom. The lowest BCUT2D eigenvalue weighted by atomic mass is 9.96. The monoisotopic (exact) mass is 458 g/mol. The van der Waals surface area contributed by atoms with Crippen LogP contribution in [-0.4, -0.2) is 22.6 Å². The van der Waals surface area contributed by atoms with E-state index in [0.717, 1.165) is 22.3 Å². The minimum atomic E-state index is -0.132. The summed E-state index contributed by atoms with van der Waals surface area (Å²) in [5, 5.41) is 20.4. The summed E-state index contributed by atoms with van der Waals surface area (Å²) in [6.07, 6.45) is 0.668. The summed E-state index contributed by atoms with van der Waals surface area (Å²) in [7, 11) is 0. The minimum Gasteiger partial charge on any atom is -0.508 e. The number of phenols is 2. The van der Waals surface area contributed by atoms with Crippen molar-refractivity contribution in [2.75, 3.05) is 6.61 Å². The van der Waals surface area contributed by atoms with Crippen LogP contribution >= 0.6 is 23.2 Å². The second-order valence-corrected chi connectivity index (χ2v) is 8.58. The van der Waals surface area contributed by atoms with Crippen LogP contribution in [0, 0.1) is 0 Å². The number of ether oxygens (including phenoxy) is 1. The summed E-state index contributed by atoms with van der Waals surface area (Å²) in [5.74, 6) is 0.868. The SMILES string of the molecule is CC(C)c1cc(Cc2c(Cl)cc(OCC(=O)Cc3cccc(O)c3)cc2Cl)ccc1O. The number of hydrogen-bond donors (Lipinski definition) is 2. The number of benzene rings is 3. The van der Waals surface area contributed by atoms with Crippen molar-refractivity contribution in [1.82, 2.24) is 0 Å². The first kappa shape index (κ1) is 23.0. The van der Waals surface area contributed by atoms with E-state index in [0.29, 0.717) is 22.2 Å². The molecule has 0 atom stereocenters. The van der Waals surface area contributed by atoms with Gasteiger partial charge in [-0.1, -0.05) is 61.3 Å².